The highest BCUT2D eigenvalue weighted by molar-refractivity contribution is 5.95. The molecule has 8 heteroatoms. The molecule has 8 nitrogen and oxygen atoms in total. The van der Waals surface area contributed by atoms with Crippen LogP contribution in [0.2, 0.25) is 0 Å². The number of hydrogen-bond donors (Lipinski definition) is 2. The molecule has 3 amide bonds. The highest BCUT2D eigenvalue weighted by atomic mass is 16.3. The van der Waals surface area contributed by atoms with Crippen molar-refractivity contribution >= 4 is 17.7 Å². The van der Waals surface area contributed by atoms with Gasteiger partial charge in [0, 0.05) is 6.54 Å². The Morgan fingerprint density at radius 3 is 2.38 bits per heavy atom. The van der Waals surface area contributed by atoms with Crippen molar-refractivity contribution in [3.8, 4) is 0 Å². The molecule has 166 valence electrons. The third-order valence-corrected chi connectivity index (χ3v) is 4.76. The maximum Gasteiger partial charge on any atom is 0.287 e. The molecule has 1 atom stereocenters. The second-order valence-corrected chi connectivity index (χ2v) is 7.11. The largest absolute Gasteiger partial charge is 0.467 e. The predicted octanol–water partition coefficient (Wildman–Crippen LogP) is 2.98. The van der Waals surface area contributed by atoms with E-state index in [9.17, 15) is 14.4 Å². The summed E-state index contributed by atoms with van der Waals surface area (Å²) in [7, 11) is 0. The van der Waals surface area contributed by atoms with Gasteiger partial charge in [-0.1, -0.05) is 35.9 Å². The first-order valence-corrected chi connectivity index (χ1v) is 10.1. The minimum atomic E-state index is -0.920. The molecule has 0 aliphatic carbocycles. The Bertz CT molecular complexity index is 1040. The quantitative estimate of drug-likeness (QED) is 0.477. The van der Waals surface area contributed by atoms with E-state index in [1.165, 1.54) is 29.6 Å². The van der Waals surface area contributed by atoms with Gasteiger partial charge in [0.2, 0.25) is 11.8 Å². The summed E-state index contributed by atoms with van der Waals surface area (Å²) in [6, 6.07) is 13.0. The van der Waals surface area contributed by atoms with Gasteiger partial charge < -0.3 is 24.4 Å². The van der Waals surface area contributed by atoms with Gasteiger partial charge in [-0.15, -0.1) is 6.58 Å². The van der Waals surface area contributed by atoms with Gasteiger partial charge in [-0.3, -0.25) is 14.4 Å². The van der Waals surface area contributed by atoms with Crippen LogP contribution in [0.5, 0.6) is 0 Å². The van der Waals surface area contributed by atoms with Crippen LogP contribution in [0, 0.1) is 6.92 Å². The molecule has 2 heterocycles. The van der Waals surface area contributed by atoms with E-state index in [2.05, 4.69) is 17.2 Å². The van der Waals surface area contributed by atoms with E-state index in [0.717, 1.165) is 5.56 Å². The summed E-state index contributed by atoms with van der Waals surface area (Å²) in [5.41, 5.74) is 1.66. The standard InChI is InChI=1S/C24H25N3O5/c1-3-12-27(21(28)16-26-23(29)20-7-5-14-32-20)22(18-10-8-17(2)9-11-18)24(30)25-15-19-6-4-13-31-19/h3-11,13-14,22H,1,12,15-16H2,2H3,(H,25,30)(H,26,29). The van der Waals surface area contributed by atoms with Gasteiger partial charge in [-0.05, 0) is 36.8 Å². The van der Waals surface area contributed by atoms with E-state index in [-0.39, 0.29) is 31.3 Å². The van der Waals surface area contributed by atoms with Crippen molar-refractivity contribution in [3.63, 3.8) is 0 Å². The number of furan rings is 2. The lowest BCUT2D eigenvalue weighted by molar-refractivity contribution is -0.139. The molecule has 0 saturated carbocycles. The molecule has 0 bridgehead atoms. The smallest absolute Gasteiger partial charge is 0.287 e. The summed E-state index contributed by atoms with van der Waals surface area (Å²) in [4.78, 5) is 39.8. The van der Waals surface area contributed by atoms with Crippen LogP contribution in [0.15, 0.2) is 82.5 Å². The summed E-state index contributed by atoms with van der Waals surface area (Å²) in [5.74, 6) is -0.648. The molecule has 2 N–H and O–H groups in total. The Balaban J connectivity index is 1.79. The van der Waals surface area contributed by atoms with E-state index in [4.69, 9.17) is 8.83 Å². The number of benzene rings is 1. The topological polar surface area (TPSA) is 105 Å². The van der Waals surface area contributed by atoms with Crippen molar-refractivity contribution in [1.82, 2.24) is 15.5 Å². The Kier molecular flexibility index (Phi) is 7.64. The van der Waals surface area contributed by atoms with Crippen LogP contribution in [-0.4, -0.2) is 35.7 Å². The number of aryl methyl sites for hydroxylation is 1. The van der Waals surface area contributed by atoms with Crippen LogP contribution < -0.4 is 10.6 Å². The molecule has 1 aromatic carbocycles. The Labute approximate surface area is 185 Å². The fourth-order valence-electron chi connectivity index (χ4n) is 3.15. The van der Waals surface area contributed by atoms with E-state index < -0.39 is 17.9 Å². The van der Waals surface area contributed by atoms with Crippen molar-refractivity contribution in [1.29, 1.82) is 0 Å². The van der Waals surface area contributed by atoms with E-state index in [1.807, 2.05) is 19.1 Å². The highest BCUT2D eigenvalue weighted by Gasteiger charge is 2.31. The SMILES string of the molecule is C=CCN(C(=O)CNC(=O)c1ccco1)C(C(=O)NCc1ccco1)c1ccc(C)cc1. The predicted molar refractivity (Wildman–Crippen MR) is 117 cm³/mol. The highest BCUT2D eigenvalue weighted by Crippen LogP contribution is 2.22. The molecule has 1 unspecified atom stereocenters. The lowest BCUT2D eigenvalue weighted by Crippen LogP contribution is -2.47. The number of carbonyl (C=O) groups is 3. The molecular weight excluding hydrogens is 410 g/mol. The number of hydrogen-bond acceptors (Lipinski definition) is 5. The van der Waals surface area contributed by atoms with Gasteiger partial charge in [0.1, 0.15) is 11.8 Å². The molecule has 32 heavy (non-hydrogen) atoms. The fraction of sp³-hybridized carbons (Fsp3) is 0.208. The lowest BCUT2D eigenvalue weighted by atomic mass is 10.0. The molecule has 0 spiro atoms. The van der Waals surface area contributed by atoms with Crippen LogP contribution in [0.4, 0.5) is 0 Å². The molecule has 0 aliphatic rings. The van der Waals surface area contributed by atoms with Gasteiger partial charge in [0.05, 0.1) is 25.6 Å². The first-order valence-electron chi connectivity index (χ1n) is 10.1. The van der Waals surface area contributed by atoms with Gasteiger partial charge in [-0.2, -0.15) is 0 Å². The Hall–Kier alpha value is -4.07. The Morgan fingerprint density at radius 1 is 1.03 bits per heavy atom. The van der Waals surface area contributed by atoms with Gasteiger partial charge in [0.15, 0.2) is 5.76 Å². The first-order chi connectivity index (χ1) is 15.5. The number of carbonyl (C=O) groups excluding carboxylic acids is 3. The minimum Gasteiger partial charge on any atom is -0.467 e. The lowest BCUT2D eigenvalue weighted by Gasteiger charge is -2.30. The normalized spacial score (nSPS) is 11.4. The van der Waals surface area contributed by atoms with E-state index >= 15 is 0 Å². The summed E-state index contributed by atoms with van der Waals surface area (Å²) in [6.45, 7) is 5.64. The van der Waals surface area contributed by atoms with Crippen LogP contribution in [0.3, 0.4) is 0 Å². The third-order valence-electron chi connectivity index (χ3n) is 4.76. The monoisotopic (exact) mass is 435 g/mol. The zero-order valence-electron chi connectivity index (χ0n) is 17.7. The minimum absolute atomic E-state index is 0.0966. The molecule has 0 aliphatic heterocycles. The summed E-state index contributed by atoms with van der Waals surface area (Å²) < 4.78 is 10.3. The zero-order chi connectivity index (χ0) is 22.9. The number of rotatable bonds is 10. The van der Waals surface area contributed by atoms with Crippen molar-refractivity contribution in [2.75, 3.05) is 13.1 Å². The molecular formula is C24H25N3O5. The van der Waals surface area contributed by atoms with Crippen LogP contribution in [0.1, 0.15) is 33.5 Å². The number of amides is 3. The fourth-order valence-corrected chi connectivity index (χ4v) is 3.15. The van der Waals surface area contributed by atoms with Crippen LogP contribution in [-0.2, 0) is 16.1 Å². The molecule has 0 saturated heterocycles. The average molecular weight is 435 g/mol. The van der Waals surface area contributed by atoms with E-state index in [1.54, 1.807) is 30.3 Å². The average Bonchev–Trinajstić information content (AvgIpc) is 3.51. The number of nitrogens with zero attached hydrogens (tertiary/aromatic N) is 1. The number of nitrogens with one attached hydrogen (secondary N) is 2. The molecule has 2 aromatic heterocycles. The van der Waals surface area contributed by atoms with Crippen molar-refractivity contribution < 1.29 is 23.2 Å². The van der Waals surface area contributed by atoms with Gasteiger partial charge in [0.25, 0.3) is 5.91 Å². The van der Waals surface area contributed by atoms with Crippen molar-refractivity contribution in [2.45, 2.75) is 19.5 Å². The van der Waals surface area contributed by atoms with Gasteiger partial charge >= 0.3 is 0 Å². The van der Waals surface area contributed by atoms with Crippen LogP contribution in [0.25, 0.3) is 0 Å². The summed E-state index contributed by atoms with van der Waals surface area (Å²) in [6.07, 6.45) is 4.43. The van der Waals surface area contributed by atoms with Gasteiger partial charge in [-0.25, -0.2) is 0 Å². The second-order valence-electron chi connectivity index (χ2n) is 7.11. The van der Waals surface area contributed by atoms with E-state index in [0.29, 0.717) is 11.3 Å². The van der Waals surface area contributed by atoms with Crippen LogP contribution >= 0.6 is 0 Å². The molecule has 0 fully saturated rings. The van der Waals surface area contributed by atoms with Crippen molar-refractivity contribution in [3.05, 3.63) is 96.4 Å². The second kappa shape index (κ2) is 10.8. The summed E-state index contributed by atoms with van der Waals surface area (Å²) in [5, 5.41) is 5.34. The zero-order valence-corrected chi connectivity index (χ0v) is 17.7. The summed E-state index contributed by atoms with van der Waals surface area (Å²) >= 11 is 0. The molecule has 3 aromatic rings. The third kappa shape index (κ3) is 5.75. The maximum atomic E-state index is 13.2. The first kappa shape index (κ1) is 22.6. The maximum absolute atomic E-state index is 13.2. The molecule has 3 rings (SSSR count). The van der Waals surface area contributed by atoms with Crippen molar-refractivity contribution in [2.24, 2.45) is 0 Å². The molecule has 0 radical (unpaired) electrons. The Morgan fingerprint density at radius 2 is 1.75 bits per heavy atom.